The summed E-state index contributed by atoms with van der Waals surface area (Å²) in [5.41, 5.74) is 6.42. The summed E-state index contributed by atoms with van der Waals surface area (Å²) in [5.74, 6) is 0.332. The molecule has 6 heteroatoms. The quantitative estimate of drug-likeness (QED) is 0.892. The van der Waals surface area contributed by atoms with E-state index in [1.807, 2.05) is 6.07 Å². The second-order valence-electron chi connectivity index (χ2n) is 5.96. The van der Waals surface area contributed by atoms with Crippen molar-refractivity contribution < 1.29 is 4.79 Å². The molecule has 2 aliphatic rings. The van der Waals surface area contributed by atoms with E-state index in [1.54, 1.807) is 11.3 Å². The topological polar surface area (TPSA) is 58.4 Å². The number of thiophene rings is 1. The highest BCUT2D eigenvalue weighted by Gasteiger charge is 2.44. The van der Waals surface area contributed by atoms with Gasteiger partial charge in [0.25, 0.3) is 0 Å². The first kappa shape index (κ1) is 15.3. The minimum atomic E-state index is 0.0640. The summed E-state index contributed by atoms with van der Waals surface area (Å²) in [6.45, 7) is 3.87. The molecule has 3 heterocycles. The highest BCUT2D eigenvalue weighted by molar-refractivity contribution is 7.16. The molecule has 2 aliphatic heterocycles. The van der Waals surface area contributed by atoms with Crippen LogP contribution in [0.15, 0.2) is 12.1 Å². The van der Waals surface area contributed by atoms with Crippen LogP contribution in [0.4, 0.5) is 0 Å². The van der Waals surface area contributed by atoms with Gasteiger partial charge in [0.05, 0.1) is 16.3 Å². The monoisotopic (exact) mass is 327 g/mol. The summed E-state index contributed by atoms with van der Waals surface area (Å²) in [4.78, 5) is 15.6. The third-order valence-corrected chi connectivity index (χ3v) is 6.07. The first-order valence-corrected chi connectivity index (χ1v) is 8.85. The fraction of sp³-hybridized carbons (Fsp3) is 0.667. The number of nitrogens with two attached hydrogens (primary N) is 1. The zero-order chi connectivity index (χ0) is 15.0. The van der Waals surface area contributed by atoms with Gasteiger partial charge >= 0.3 is 0 Å². The normalized spacial score (nSPS) is 29.0. The summed E-state index contributed by atoms with van der Waals surface area (Å²) in [6.07, 6.45) is 2.96. The fourth-order valence-electron chi connectivity index (χ4n) is 3.66. The smallest absolute Gasteiger partial charge is 0.224 e. The third kappa shape index (κ3) is 2.84. The van der Waals surface area contributed by atoms with Crippen LogP contribution in [0.25, 0.3) is 0 Å². The number of halogens is 1. The summed E-state index contributed by atoms with van der Waals surface area (Å²) in [6, 6.07) is 4.52. The number of hydrogen-bond acceptors (Lipinski definition) is 4. The Labute approximate surface area is 134 Å². The maximum absolute atomic E-state index is 12.0. The van der Waals surface area contributed by atoms with Crippen LogP contribution in [0.5, 0.6) is 0 Å². The molecule has 0 saturated carbocycles. The standard InChI is InChI=1S/C15H22ClN3OS/c1-2-10(17)14(12-5-6-13(16)21-12)19-7-3-4-9-11(19)8-18-15(9)20/h5-6,9-11,14H,2-4,7-8,17H2,1H3,(H,18,20). The van der Waals surface area contributed by atoms with Crippen molar-refractivity contribution in [1.82, 2.24) is 10.2 Å². The summed E-state index contributed by atoms with van der Waals surface area (Å²) >= 11 is 7.73. The Balaban J connectivity index is 1.90. The van der Waals surface area contributed by atoms with Crippen molar-refractivity contribution in [2.24, 2.45) is 11.7 Å². The predicted molar refractivity (Wildman–Crippen MR) is 86.6 cm³/mol. The van der Waals surface area contributed by atoms with Crippen LogP contribution in [-0.4, -0.2) is 36.0 Å². The average molecular weight is 328 g/mol. The molecule has 2 fully saturated rings. The number of nitrogens with zero attached hydrogens (tertiary/aromatic N) is 1. The minimum absolute atomic E-state index is 0.0640. The zero-order valence-electron chi connectivity index (χ0n) is 12.2. The molecule has 3 rings (SSSR count). The minimum Gasteiger partial charge on any atom is -0.354 e. The van der Waals surface area contributed by atoms with Crippen molar-refractivity contribution in [2.45, 2.75) is 44.3 Å². The predicted octanol–water partition coefficient (Wildman–Crippen LogP) is 2.39. The lowest BCUT2D eigenvalue weighted by Crippen LogP contribution is -2.51. The van der Waals surface area contributed by atoms with Gasteiger partial charge in [-0.2, -0.15) is 0 Å². The second-order valence-corrected chi connectivity index (χ2v) is 7.70. The van der Waals surface area contributed by atoms with Gasteiger partial charge in [-0.25, -0.2) is 0 Å². The van der Waals surface area contributed by atoms with Crippen molar-refractivity contribution >= 4 is 28.8 Å². The Morgan fingerprint density at radius 2 is 2.38 bits per heavy atom. The van der Waals surface area contributed by atoms with Crippen molar-refractivity contribution in [1.29, 1.82) is 0 Å². The molecule has 3 N–H and O–H groups in total. The number of likely N-dealkylation sites (tertiary alicyclic amines) is 1. The van der Waals surface area contributed by atoms with Crippen LogP contribution < -0.4 is 11.1 Å². The van der Waals surface area contributed by atoms with E-state index >= 15 is 0 Å². The Kier molecular flexibility index (Phi) is 4.54. The molecule has 4 atom stereocenters. The van der Waals surface area contributed by atoms with Gasteiger partial charge in [0, 0.05) is 23.5 Å². The zero-order valence-corrected chi connectivity index (χ0v) is 13.8. The van der Waals surface area contributed by atoms with E-state index < -0.39 is 0 Å². The van der Waals surface area contributed by atoms with Crippen LogP contribution in [0.1, 0.15) is 37.1 Å². The lowest BCUT2D eigenvalue weighted by atomic mass is 9.88. The molecule has 1 aromatic rings. The van der Waals surface area contributed by atoms with Crippen molar-refractivity contribution in [2.75, 3.05) is 13.1 Å². The van der Waals surface area contributed by atoms with Gasteiger partial charge < -0.3 is 11.1 Å². The number of hydrogen-bond donors (Lipinski definition) is 2. The third-order valence-electron chi connectivity index (χ3n) is 4.76. The molecule has 0 aliphatic carbocycles. The van der Waals surface area contributed by atoms with Crippen LogP contribution in [-0.2, 0) is 4.79 Å². The van der Waals surface area contributed by atoms with Gasteiger partial charge in [-0.3, -0.25) is 9.69 Å². The van der Waals surface area contributed by atoms with Crippen molar-refractivity contribution in [3.63, 3.8) is 0 Å². The van der Waals surface area contributed by atoms with Gasteiger partial charge in [-0.1, -0.05) is 18.5 Å². The molecular formula is C15H22ClN3OS. The number of piperidine rings is 1. The van der Waals surface area contributed by atoms with Gasteiger partial charge in [0.2, 0.25) is 5.91 Å². The van der Waals surface area contributed by atoms with E-state index in [0.717, 1.165) is 36.7 Å². The molecule has 0 radical (unpaired) electrons. The molecule has 1 aromatic heterocycles. The Bertz CT molecular complexity index is 521. The number of rotatable bonds is 4. The van der Waals surface area contributed by atoms with Gasteiger partial charge in [-0.15, -0.1) is 11.3 Å². The number of nitrogens with one attached hydrogen (secondary N) is 1. The number of fused-ring (bicyclic) bond motifs is 1. The highest BCUT2D eigenvalue weighted by Crippen LogP contribution is 2.39. The van der Waals surface area contributed by atoms with Gasteiger partial charge in [0.15, 0.2) is 0 Å². The van der Waals surface area contributed by atoms with Gasteiger partial charge in [-0.05, 0) is 37.9 Å². The number of carbonyl (C=O) groups excluding carboxylic acids is 1. The van der Waals surface area contributed by atoms with E-state index in [0.29, 0.717) is 0 Å². The highest BCUT2D eigenvalue weighted by atomic mass is 35.5. The molecule has 0 bridgehead atoms. The molecule has 0 aromatic carbocycles. The molecule has 4 unspecified atom stereocenters. The number of amides is 1. The SMILES string of the molecule is CCC(N)C(c1ccc(Cl)s1)N1CCCC2C(=O)NCC21. The van der Waals surface area contributed by atoms with E-state index in [4.69, 9.17) is 17.3 Å². The molecule has 21 heavy (non-hydrogen) atoms. The maximum atomic E-state index is 12.0. The van der Waals surface area contributed by atoms with Crippen molar-refractivity contribution in [3.05, 3.63) is 21.3 Å². The first-order valence-electron chi connectivity index (χ1n) is 7.66. The number of carbonyl (C=O) groups is 1. The Morgan fingerprint density at radius 1 is 1.57 bits per heavy atom. The summed E-state index contributed by atoms with van der Waals surface area (Å²) in [7, 11) is 0. The van der Waals surface area contributed by atoms with E-state index in [-0.39, 0.29) is 30.0 Å². The van der Waals surface area contributed by atoms with Crippen LogP contribution in [0, 0.1) is 5.92 Å². The fourth-order valence-corrected chi connectivity index (χ4v) is 4.92. The second kappa shape index (κ2) is 6.24. The molecule has 4 nitrogen and oxygen atoms in total. The lowest BCUT2D eigenvalue weighted by Gasteiger charge is -2.43. The van der Waals surface area contributed by atoms with Crippen LogP contribution >= 0.6 is 22.9 Å². The van der Waals surface area contributed by atoms with Crippen LogP contribution in [0.3, 0.4) is 0 Å². The van der Waals surface area contributed by atoms with Gasteiger partial charge in [0.1, 0.15) is 0 Å². The average Bonchev–Trinajstić information content (AvgIpc) is 3.07. The molecule has 1 amide bonds. The van der Waals surface area contributed by atoms with E-state index in [2.05, 4.69) is 23.2 Å². The van der Waals surface area contributed by atoms with Crippen molar-refractivity contribution in [3.8, 4) is 0 Å². The summed E-state index contributed by atoms with van der Waals surface area (Å²) < 4.78 is 0.799. The summed E-state index contributed by atoms with van der Waals surface area (Å²) in [5, 5.41) is 3.02. The van der Waals surface area contributed by atoms with E-state index in [9.17, 15) is 4.79 Å². The molecule has 0 spiro atoms. The first-order chi connectivity index (χ1) is 10.1. The largest absolute Gasteiger partial charge is 0.354 e. The molecule has 2 saturated heterocycles. The Morgan fingerprint density at radius 3 is 3.05 bits per heavy atom. The lowest BCUT2D eigenvalue weighted by molar-refractivity contribution is -0.124. The maximum Gasteiger partial charge on any atom is 0.224 e. The van der Waals surface area contributed by atoms with E-state index in [1.165, 1.54) is 4.88 Å². The molecule has 116 valence electrons. The molecular weight excluding hydrogens is 306 g/mol. The van der Waals surface area contributed by atoms with Crippen LogP contribution in [0.2, 0.25) is 4.34 Å². The Hall–Kier alpha value is -0.620.